The van der Waals surface area contributed by atoms with E-state index >= 15 is 0 Å². The van der Waals surface area contributed by atoms with Crippen molar-refractivity contribution in [3.05, 3.63) is 24.0 Å². The van der Waals surface area contributed by atoms with Crippen LogP contribution in [0.15, 0.2) is 18.2 Å². The van der Waals surface area contributed by atoms with Gasteiger partial charge in [-0.2, -0.15) is 0 Å². The lowest BCUT2D eigenvalue weighted by Crippen LogP contribution is -2.44. The Morgan fingerprint density at radius 2 is 2.35 bits per heavy atom. The number of benzene rings is 1. The number of aromatic nitrogens is 2. The first-order valence-electron chi connectivity index (χ1n) is 5.90. The maximum absolute atomic E-state index is 5.91. The highest BCUT2D eigenvalue weighted by molar-refractivity contribution is 5.86. The number of rotatable bonds is 1. The number of para-hydroxylation sites is 1. The summed E-state index contributed by atoms with van der Waals surface area (Å²) in [4.78, 5) is 10.3. The Morgan fingerprint density at radius 1 is 1.47 bits per heavy atom. The molecule has 1 unspecified atom stereocenters. The monoisotopic (exact) mass is 231 g/mol. The molecule has 1 aromatic heterocycles. The van der Waals surface area contributed by atoms with E-state index in [1.165, 1.54) is 0 Å². The van der Waals surface area contributed by atoms with Gasteiger partial charge in [0.15, 0.2) is 0 Å². The Labute approximate surface area is 100 Å². The van der Waals surface area contributed by atoms with Gasteiger partial charge >= 0.3 is 0 Å². The number of piperazine rings is 1. The number of nitrogen functional groups attached to an aromatic ring is 1. The molecule has 4 N–H and O–H groups in total. The highest BCUT2D eigenvalue weighted by atomic mass is 15.2. The lowest BCUT2D eigenvalue weighted by Gasteiger charge is -2.29. The molecule has 2 aromatic rings. The summed E-state index contributed by atoms with van der Waals surface area (Å²) in [5.41, 5.74) is 8.53. The van der Waals surface area contributed by atoms with Crippen LogP contribution in [0.4, 0.5) is 5.69 Å². The summed E-state index contributed by atoms with van der Waals surface area (Å²) in [6.45, 7) is 3.05. The highest BCUT2D eigenvalue weighted by Gasteiger charge is 2.21. The van der Waals surface area contributed by atoms with Gasteiger partial charge in [-0.3, -0.25) is 0 Å². The van der Waals surface area contributed by atoms with E-state index in [4.69, 9.17) is 5.73 Å². The molecule has 90 valence electrons. The van der Waals surface area contributed by atoms with E-state index in [-0.39, 0.29) is 6.04 Å². The van der Waals surface area contributed by atoms with Crippen LogP contribution in [0.25, 0.3) is 11.0 Å². The summed E-state index contributed by atoms with van der Waals surface area (Å²) < 4.78 is 0. The molecule has 1 aliphatic rings. The van der Waals surface area contributed by atoms with Crippen LogP contribution in [0.1, 0.15) is 11.9 Å². The van der Waals surface area contributed by atoms with Gasteiger partial charge in [0, 0.05) is 19.6 Å². The number of aromatic amines is 1. The smallest absolute Gasteiger partial charge is 0.125 e. The van der Waals surface area contributed by atoms with Crippen LogP contribution >= 0.6 is 0 Å². The Morgan fingerprint density at radius 3 is 3.12 bits per heavy atom. The van der Waals surface area contributed by atoms with E-state index in [2.05, 4.69) is 27.2 Å². The predicted molar refractivity (Wildman–Crippen MR) is 68.7 cm³/mol. The van der Waals surface area contributed by atoms with Gasteiger partial charge in [-0.1, -0.05) is 6.07 Å². The second-order valence-corrected chi connectivity index (χ2v) is 4.63. The number of imidazole rings is 1. The van der Waals surface area contributed by atoms with Gasteiger partial charge in [-0.25, -0.2) is 4.98 Å². The van der Waals surface area contributed by atoms with Crippen molar-refractivity contribution in [2.24, 2.45) is 0 Å². The third-order valence-corrected chi connectivity index (χ3v) is 3.27. The van der Waals surface area contributed by atoms with E-state index in [1.54, 1.807) is 0 Å². The molecule has 0 bridgehead atoms. The molecule has 0 spiro atoms. The van der Waals surface area contributed by atoms with E-state index in [0.29, 0.717) is 0 Å². The molecule has 17 heavy (non-hydrogen) atoms. The van der Waals surface area contributed by atoms with E-state index in [0.717, 1.165) is 42.2 Å². The fourth-order valence-corrected chi connectivity index (χ4v) is 2.32. The number of nitrogens with zero attached hydrogens (tertiary/aromatic N) is 2. The van der Waals surface area contributed by atoms with Gasteiger partial charge in [-0.15, -0.1) is 0 Å². The number of nitrogens with two attached hydrogens (primary N) is 1. The van der Waals surface area contributed by atoms with E-state index in [1.807, 2.05) is 18.2 Å². The topological polar surface area (TPSA) is 70.0 Å². The third-order valence-electron chi connectivity index (χ3n) is 3.27. The van der Waals surface area contributed by atoms with Crippen LogP contribution in [0.3, 0.4) is 0 Å². The molecule has 0 amide bonds. The zero-order valence-corrected chi connectivity index (χ0v) is 9.90. The lowest BCUT2D eigenvalue weighted by atomic mass is 10.2. The molecule has 5 heteroatoms. The molecular formula is C12H17N5. The van der Waals surface area contributed by atoms with Gasteiger partial charge in [-0.05, 0) is 19.2 Å². The standard InChI is InChI=1S/C12H17N5/c1-17-6-5-14-10(7-17)12-15-9-4-2-3-8(13)11(9)16-12/h2-4,10,14H,5-7,13H2,1H3,(H,15,16). The van der Waals surface area contributed by atoms with E-state index in [9.17, 15) is 0 Å². The minimum Gasteiger partial charge on any atom is -0.397 e. The summed E-state index contributed by atoms with van der Waals surface area (Å²) in [6, 6.07) is 6.10. The number of fused-ring (bicyclic) bond motifs is 1. The molecule has 1 saturated heterocycles. The number of anilines is 1. The molecule has 0 radical (unpaired) electrons. The van der Waals surface area contributed by atoms with Crippen LogP contribution in [-0.4, -0.2) is 41.5 Å². The van der Waals surface area contributed by atoms with Crippen molar-refractivity contribution in [3.8, 4) is 0 Å². The van der Waals surface area contributed by atoms with Crippen molar-refractivity contribution in [1.29, 1.82) is 0 Å². The maximum Gasteiger partial charge on any atom is 0.125 e. The first-order chi connectivity index (χ1) is 8.24. The summed E-state index contributed by atoms with van der Waals surface area (Å²) >= 11 is 0. The van der Waals surface area contributed by atoms with Gasteiger partial charge in [0.05, 0.1) is 17.2 Å². The fraction of sp³-hybridized carbons (Fsp3) is 0.417. The SMILES string of the molecule is CN1CCNC(c2nc3c(N)cccc3[nH]2)C1. The van der Waals surface area contributed by atoms with Crippen molar-refractivity contribution < 1.29 is 0 Å². The fourth-order valence-electron chi connectivity index (χ4n) is 2.32. The Bertz CT molecular complexity index is 533. The average molecular weight is 231 g/mol. The summed E-state index contributed by atoms with van der Waals surface area (Å²) in [7, 11) is 2.13. The van der Waals surface area contributed by atoms with Crippen LogP contribution in [0.2, 0.25) is 0 Å². The molecule has 1 fully saturated rings. The molecule has 1 aromatic carbocycles. The summed E-state index contributed by atoms with van der Waals surface area (Å²) in [6.07, 6.45) is 0. The number of H-pyrrole nitrogens is 1. The van der Waals surface area contributed by atoms with Crippen LogP contribution in [-0.2, 0) is 0 Å². The minimum atomic E-state index is 0.264. The zero-order chi connectivity index (χ0) is 11.8. The number of hydrogen-bond donors (Lipinski definition) is 3. The van der Waals surface area contributed by atoms with Crippen LogP contribution in [0.5, 0.6) is 0 Å². The molecule has 3 rings (SSSR count). The van der Waals surface area contributed by atoms with Crippen molar-refractivity contribution in [2.75, 3.05) is 32.4 Å². The second kappa shape index (κ2) is 4.01. The number of nitrogens with one attached hydrogen (secondary N) is 2. The molecule has 1 aliphatic heterocycles. The van der Waals surface area contributed by atoms with Crippen molar-refractivity contribution in [1.82, 2.24) is 20.2 Å². The molecule has 0 aliphatic carbocycles. The van der Waals surface area contributed by atoms with Crippen molar-refractivity contribution in [3.63, 3.8) is 0 Å². The number of hydrogen-bond acceptors (Lipinski definition) is 4. The summed E-state index contributed by atoms with van der Waals surface area (Å²) in [5.74, 6) is 0.976. The third kappa shape index (κ3) is 1.87. The largest absolute Gasteiger partial charge is 0.397 e. The first-order valence-corrected chi connectivity index (χ1v) is 5.90. The Hall–Kier alpha value is -1.59. The van der Waals surface area contributed by atoms with Gasteiger partial charge < -0.3 is 20.9 Å². The van der Waals surface area contributed by atoms with Crippen LogP contribution in [0, 0.1) is 0 Å². The molecule has 1 atom stereocenters. The highest BCUT2D eigenvalue weighted by Crippen LogP contribution is 2.22. The molecule has 2 heterocycles. The maximum atomic E-state index is 5.91. The zero-order valence-electron chi connectivity index (χ0n) is 9.90. The normalized spacial score (nSPS) is 22.1. The Balaban J connectivity index is 1.97. The quantitative estimate of drug-likeness (QED) is 0.633. The molecule has 0 saturated carbocycles. The van der Waals surface area contributed by atoms with Gasteiger partial charge in [0.1, 0.15) is 11.3 Å². The predicted octanol–water partition coefficient (Wildman–Crippen LogP) is 0.721. The van der Waals surface area contributed by atoms with Crippen molar-refractivity contribution >= 4 is 16.7 Å². The number of likely N-dealkylation sites (N-methyl/N-ethyl adjacent to an activating group) is 1. The van der Waals surface area contributed by atoms with Crippen molar-refractivity contribution in [2.45, 2.75) is 6.04 Å². The Kier molecular flexibility index (Phi) is 2.49. The molecule has 5 nitrogen and oxygen atoms in total. The van der Waals surface area contributed by atoms with Crippen LogP contribution < -0.4 is 11.1 Å². The van der Waals surface area contributed by atoms with Gasteiger partial charge in [0.2, 0.25) is 0 Å². The van der Waals surface area contributed by atoms with E-state index < -0.39 is 0 Å². The lowest BCUT2D eigenvalue weighted by molar-refractivity contribution is 0.236. The second-order valence-electron chi connectivity index (χ2n) is 4.63. The summed E-state index contributed by atoms with van der Waals surface area (Å²) in [5, 5.41) is 3.47. The average Bonchev–Trinajstić information content (AvgIpc) is 2.74. The minimum absolute atomic E-state index is 0.264. The molecular weight excluding hydrogens is 214 g/mol. The first kappa shape index (κ1) is 10.6. The van der Waals surface area contributed by atoms with Gasteiger partial charge in [0.25, 0.3) is 0 Å².